The molecule has 0 aliphatic heterocycles. The minimum Gasteiger partial charge on any atom is -0.493 e. The van der Waals surface area contributed by atoms with Gasteiger partial charge in [-0.1, -0.05) is 116 Å². The van der Waals surface area contributed by atoms with E-state index in [0.717, 1.165) is 64.5 Å². The van der Waals surface area contributed by atoms with E-state index in [1.54, 1.807) is 6.92 Å². The standard InChI is InChI=1S/C21H29NO3.C16H21NO.C13H17BrO.C4H8O2.C4H6O.ClH/c1-21(2,3)25-20(23)22-14-8-12-17-11-7-13-19(15-17)24-16-18-9-5-4-6-10-18;17-11-5-9-14-8-4-10-16(12-14)18-13-15-6-2-1-3-7-15;14-12-7-4-8-13(9-12)15-10-11-5-2-1-3-6-11;1-3-6-4(2)5;1-2-3-4-5;/h7,11,13,15,18H,4-6,9-10,14,16H2,1-3H3,(H,22,23);4,8,10,12,15H,1-3,6-7,11,13,17H2;4,7-9,11H,1-3,5-6,10H2;3H2,1-2H3;1,5H,3-4H2;1H. The molecule has 3 saturated carbocycles. The number of benzene rings is 3. The van der Waals surface area contributed by atoms with E-state index in [2.05, 4.69) is 55.6 Å². The summed E-state index contributed by atoms with van der Waals surface area (Å²) in [5.74, 6) is 18.9. The molecule has 0 atom stereocenters. The van der Waals surface area contributed by atoms with E-state index in [9.17, 15) is 9.59 Å². The Balaban J connectivity index is 0.000000481. The number of ether oxygens (including phenoxy) is 5. The minimum absolute atomic E-state index is 0. The van der Waals surface area contributed by atoms with E-state index in [1.807, 2.05) is 93.6 Å². The molecule has 6 rings (SSSR count). The Morgan fingerprint density at radius 2 is 1.14 bits per heavy atom. The monoisotopic (exact) mass is 1050 g/mol. The number of hydrogen-bond acceptors (Lipinski definition) is 9. The van der Waals surface area contributed by atoms with Gasteiger partial charge in [0.15, 0.2) is 0 Å². The first kappa shape index (κ1) is 63.2. The summed E-state index contributed by atoms with van der Waals surface area (Å²) in [6.45, 7) is 12.4. The third kappa shape index (κ3) is 33.7. The van der Waals surface area contributed by atoms with Gasteiger partial charge in [-0.05, 0) is 139 Å². The second kappa shape index (κ2) is 39.8. The fraction of sp³-hybridized carbons (Fsp3) is 0.552. The van der Waals surface area contributed by atoms with Gasteiger partial charge < -0.3 is 39.8 Å². The van der Waals surface area contributed by atoms with Crippen molar-refractivity contribution in [3.63, 3.8) is 0 Å². The average Bonchev–Trinajstić information content (AvgIpc) is 3.34. The number of carbonyl (C=O) groups is 2. The molecule has 70 heavy (non-hydrogen) atoms. The molecule has 3 aliphatic carbocycles. The van der Waals surface area contributed by atoms with Gasteiger partial charge in [-0.3, -0.25) is 4.79 Å². The van der Waals surface area contributed by atoms with Gasteiger partial charge in [0.25, 0.3) is 0 Å². The van der Waals surface area contributed by atoms with Crippen molar-refractivity contribution in [2.75, 3.05) is 46.1 Å². The van der Waals surface area contributed by atoms with Crippen molar-refractivity contribution >= 4 is 40.4 Å². The molecule has 0 radical (unpaired) electrons. The molecule has 386 valence electrons. The van der Waals surface area contributed by atoms with Crippen LogP contribution < -0.4 is 25.3 Å². The molecule has 12 heteroatoms. The van der Waals surface area contributed by atoms with Crippen LogP contribution in [0.15, 0.2) is 77.3 Å². The highest BCUT2D eigenvalue weighted by molar-refractivity contribution is 9.10. The zero-order valence-electron chi connectivity index (χ0n) is 42.7. The summed E-state index contributed by atoms with van der Waals surface area (Å²) in [5, 5.41) is 10.5. The van der Waals surface area contributed by atoms with Gasteiger partial charge in [0.05, 0.1) is 46.1 Å². The number of hydrogen-bond donors (Lipinski definition) is 3. The normalized spacial score (nSPS) is 14.3. The summed E-state index contributed by atoms with van der Waals surface area (Å²) in [5.41, 5.74) is 6.72. The van der Waals surface area contributed by atoms with Crippen LogP contribution in [-0.2, 0) is 14.3 Å². The Morgan fingerprint density at radius 3 is 1.49 bits per heavy atom. The molecule has 0 saturated heterocycles. The van der Waals surface area contributed by atoms with Crippen LogP contribution in [0.1, 0.15) is 148 Å². The average molecular weight is 1050 g/mol. The maximum absolute atomic E-state index is 11.5. The van der Waals surface area contributed by atoms with E-state index in [1.165, 1.54) is 103 Å². The molecule has 3 aliphatic rings. The first-order chi connectivity index (χ1) is 33.3. The highest BCUT2D eigenvalue weighted by atomic mass is 79.9. The topological polar surface area (TPSA) is 139 Å². The van der Waals surface area contributed by atoms with Gasteiger partial charge in [-0.25, -0.2) is 4.79 Å². The van der Waals surface area contributed by atoms with Crippen molar-refractivity contribution in [2.24, 2.45) is 23.5 Å². The van der Waals surface area contributed by atoms with E-state index in [4.69, 9.17) is 36.2 Å². The lowest BCUT2D eigenvalue weighted by molar-refractivity contribution is -0.140. The summed E-state index contributed by atoms with van der Waals surface area (Å²) >= 11 is 3.45. The van der Waals surface area contributed by atoms with Crippen molar-refractivity contribution in [3.8, 4) is 53.3 Å². The van der Waals surface area contributed by atoms with Crippen molar-refractivity contribution in [3.05, 3.63) is 88.4 Å². The Bertz CT molecular complexity index is 2030. The van der Waals surface area contributed by atoms with Crippen LogP contribution in [0, 0.1) is 53.8 Å². The number of amides is 1. The van der Waals surface area contributed by atoms with E-state index in [-0.39, 0.29) is 31.5 Å². The van der Waals surface area contributed by atoms with Crippen molar-refractivity contribution < 1.29 is 38.4 Å². The lowest BCUT2D eigenvalue weighted by Crippen LogP contribution is -2.32. The predicted molar refractivity (Wildman–Crippen MR) is 290 cm³/mol. The number of carbonyl (C=O) groups excluding carboxylic acids is 2. The molecule has 1 amide bonds. The Morgan fingerprint density at radius 1 is 0.714 bits per heavy atom. The summed E-state index contributed by atoms with van der Waals surface area (Å²) in [6.07, 6.45) is 24.9. The van der Waals surface area contributed by atoms with Crippen LogP contribution in [0.3, 0.4) is 0 Å². The summed E-state index contributed by atoms with van der Waals surface area (Å²) in [6, 6.07) is 23.8. The second-order valence-electron chi connectivity index (χ2n) is 18.2. The molecule has 10 nitrogen and oxygen atoms in total. The SMILES string of the molecule is Brc1cccc(OCC2CCCCC2)c1.C#CCCO.CC(C)(C)OC(=O)NCC#Cc1cccc(OCC2CCCCC2)c1.CCOC(C)=O.Cl.NCC#Cc1cccc(OCC2CCCCC2)c1. The van der Waals surface area contributed by atoms with Crippen LogP contribution in [0.5, 0.6) is 17.2 Å². The van der Waals surface area contributed by atoms with Crippen molar-refractivity contribution in [1.29, 1.82) is 0 Å². The first-order valence-electron chi connectivity index (χ1n) is 25.0. The number of rotatable bonds is 12. The van der Waals surface area contributed by atoms with Gasteiger partial charge in [0, 0.05) is 28.9 Å². The second-order valence-corrected chi connectivity index (χ2v) is 19.1. The molecule has 0 bridgehead atoms. The summed E-state index contributed by atoms with van der Waals surface area (Å²) in [7, 11) is 0. The van der Waals surface area contributed by atoms with Crippen LogP contribution in [-0.4, -0.2) is 68.9 Å². The van der Waals surface area contributed by atoms with Crippen LogP contribution >= 0.6 is 28.3 Å². The molecule has 0 aromatic heterocycles. The lowest BCUT2D eigenvalue weighted by atomic mass is 9.90. The molecule has 3 fully saturated rings. The highest BCUT2D eigenvalue weighted by Crippen LogP contribution is 2.27. The first-order valence-corrected chi connectivity index (χ1v) is 25.8. The zero-order valence-corrected chi connectivity index (χ0v) is 45.1. The van der Waals surface area contributed by atoms with Crippen LogP contribution in [0.25, 0.3) is 0 Å². The fourth-order valence-corrected chi connectivity index (χ4v) is 7.96. The Kier molecular flexibility index (Phi) is 36.0. The van der Waals surface area contributed by atoms with E-state index in [0.29, 0.717) is 25.5 Å². The van der Waals surface area contributed by atoms with E-state index < -0.39 is 11.7 Å². The van der Waals surface area contributed by atoms with Gasteiger partial charge in [-0.2, -0.15) is 0 Å². The van der Waals surface area contributed by atoms with Gasteiger partial charge in [-0.15, -0.1) is 24.8 Å². The largest absolute Gasteiger partial charge is 0.493 e. The molecular weight excluding hydrogens is 968 g/mol. The van der Waals surface area contributed by atoms with Gasteiger partial charge in [0.2, 0.25) is 0 Å². The fourth-order valence-electron chi connectivity index (χ4n) is 7.59. The number of aliphatic hydroxyl groups excluding tert-OH is 1. The number of alkyl carbamates (subject to hydrolysis) is 1. The molecule has 3 aromatic carbocycles. The Hall–Kier alpha value is -4.83. The number of aliphatic hydroxyl groups is 1. The van der Waals surface area contributed by atoms with Gasteiger partial charge in [0.1, 0.15) is 22.8 Å². The third-order valence-corrected chi connectivity index (χ3v) is 11.5. The minimum atomic E-state index is -0.498. The number of nitrogens with two attached hydrogens (primary N) is 1. The van der Waals surface area contributed by atoms with Crippen LogP contribution in [0.4, 0.5) is 4.79 Å². The molecule has 0 heterocycles. The molecule has 3 aromatic rings. The quantitative estimate of drug-likeness (QED) is 0.120. The third-order valence-electron chi connectivity index (χ3n) is 11.0. The molecule has 4 N–H and O–H groups in total. The highest BCUT2D eigenvalue weighted by Gasteiger charge is 2.17. The smallest absolute Gasteiger partial charge is 0.408 e. The number of esters is 1. The van der Waals surface area contributed by atoms with E-state index >= 15 is 0 Å². The van der Waals surface area contributed by atoms with Gasteiger partial charge >= 0.3 is 12.1 Å². The van der Waals surface area contributed by atoms with Crippen molar-refractivity contribution in [2.45, 2.75) is 143 Å². The lowest BCUT2D eigenvalue weighted by Gasteiger charge is -2.21. The summed E-state index contributed by atoms with van der Waals surface area (Å²) < 4.78 is 28.2. The molecule has 0 spiro atoms. The predicted octanol–water partition coefficient (Wildman–Crippen LogP) is 12.9. The number of terminal acetylenes is 1. The number of nitrogens with one attached hydrogen (secondary N) is 1. The maximum atomic E-state index is 11.5. The molecular formula is C58H82BrClN2O8. The van der Waals surface area contributed by atoms with Crippen LogP contribution in [0.2, 0.25) is 0 Å². The molecule has 0 unspecified atom stereocenters. The Labute approximate surface area is 436 Å². The zero-order chi connectivity index (χ0) is 50.4. The van der Waals surface area contributed by atoms with Crippen molar-refractivity contribution in [1.82, 2.24) is 5.32 Å². The summed E-state index contributed by atoms with van der Waals surface area (Å²) in [4.78, 5) is 21.4. The maximum Gasteiger partial charge on any atom is 0.408 e. The number of halogens is 2.